The Kier molecular flexibility index (Phi) is 4.48. The number of fused-ring (bicyclic) bond motifs is 1. The molecular formula is C20H21N3O2. The summed E-state index contributed by atoms with van der Waals surface area (Å²) in [5.41, 5.74) is 1.37. The molecule has 1 N–H and O–H groups in total. The summed E-state index contributed by atoms with van der Waals surface area (Å²) in [6.07, 6.45) is 7.18. The molecule has 5 heteroatoms. The summed E-state index contributed by atoms with van der Waals surface area (Å²) >= 11 is 0. The Morgan fingerprint density at radius 3 is 2.96 bits per heavy atom. The van der Waals surface area contributed by atoms with E-state index in [4.69, 9.17) is 4.74 Å². The van der Waals surface area contributed by atoms with Gasteiger partial charge in [-0.05, 0) is 36.1 Å². The van der Waals surface area contributed by atoms with Gasteiger partial charge in [0.05, 0.1) is 24.5 Å². The zero-order valence-electron chi connectivity index (χ0n) is 14.0. The van der Waals surface area contributed by atoms with Gasteiger partial charge in [0.15, 0.2) is 0 Å². The molecule has 1 amide bonds. The fourth-order valence-corrected chi connectivity index (χ4v) is 3.31. The first-order valence-corrected chi connectivity index (χ1v) is 8.73. The van der Waals surface area contributed by atoms with Gasteiger partial charge in [-0.25, -0.2) is 0 Å². The van der Waals surface area contributed by atoms with Crippen LogP contribution < -0.4 is 5.32 Å². The molecule has 25 heavy (non-hydrogen) atoms. The number of nitrogens with one attached hydrogen (secondary N) is 1. The van der Waals surface area contributed by atoms with Gasteiger partial charge in [-0.3, -0.25) is 9.48 Å². The van der Waals surface area contributed by atoms with Crippen LogP contribution in [0.3, 0.4) is 0 Å². The number of amides is 1. The molecule has 1 atom stereocenters. The van der Waals surface area contributed by atoms with Gasteiger partial charge >= 0.3 is 0 Å². The third kappa shape index (κ3) is 3.56. The molecule has 1 aliphatic rings. The van der Waals surface area contributed by atoms with Crippen molar-refractivity contribution in [2.75, 3.05) is 11.9 Å². The van der Waals surface area contributed by atoms with E-state index in [1.54, 1.807) is 6.20 Å². The summed E-state index contributed by atoms with van der Waals surface area (Å²) in [4.78, 5) is 12.7. The minimum atomic E-state index is -0.120. The van der Waals surface area contributed by atoms with Crippen molar-refractivity contribution in [2.45, 2.75) is 31.9 Å². The average Bonchev–Trinajstić information content (AvgIpc) is 3.09. The normalized spacial score (nSPS) is 17.5. The molecule has 1 fully saturated rings. The summed E-state index contributed by atoms with van der Waals surface area (Å²) in [5, 5.41) is 9.29. The van der Waals surface area contributed by atoms with Gasteiger partial charge < -0.3 is 10.1 Å². The van der Waals surface area contributed by atoms with E-state index >= 15 is 0 Å². The summed E-state index contributed by atoms with van der Waals surface area (Å²) in [7, 11) is 0. The van der Waals surface area contributed by atoms with Gasteiger partial charge in [-0.2, -0.15) is 5.10 Å². The zero-order chi connectivity index (χ0) is 17.1. The van der Waals surface area contributed by atoms with E-state index in [9.17, 15) is 4.79 Å². The van der Waals surface area contributed by atoms with Gasteiger partial charge in [0, 0.05) is 18.4 Å². The highest BCUT2D eigenvalue weighted by atomic mass is 16.5. The number of benzene rings is 2. The second-order valence-electron chi connectivity index (χ2n) is 6.42. The predicted molar refractivity (Wildman–Crippen MR) is 97.7 cm³/mol. The van der Waals surface area contributed by atoms with Crippen LogP contribution in [0.15, 0.2) is 54.9 Å². The number of hydrogen-bond acceptors (Lipinski definition) is 3. The van der Waals surface area contributed by atoms with Crippen molar-refractivity contribution < 1.29 is 9.53 Å². The molecule has 1 saturated heterocycles. The van der Waals surface area contributed by atoms with Crippen molar-refractivity contribution in [2.24, 2.45) is 0 Å². The molecular weight excluding hydrogens is 314 g/mol. The molecule has 2 heterocycles. The van der Waals surface area contributed by atoms with E-state index in [1.165, 1.54) is 6.42 Å². The average molecular weight is 335 g/mol. The number of aromatic nitrogens is 2. The van der Waals surface area contributed by atoms with E-state index in [1.807, 2.05) is 53.3 Å². The fraction of sp³-hybridized carbons (Fsp3) is 0.300. The minimum absolute atomic E-state index is 0.120. The van der Waals surface area contributed by atoms with E-state index in [-0.39, 0.29) is 12.0 Å². The van der Waals surface area contributed by atoms with Crippen molar-refractivity contribution >= 4 is 22.4 Å². The van der Waals surface area contributed by atoms with Crippen LogP contribution in [0.25, 0.3) is 10.8 Å². The molecule has 4 rings (SSSR count). The number of carbonyl (C=O) groups is 1. The summed E-state index contributed by atoms with van der Waals surface area (Å²) in [6.45, 7) is 1.56. The van der Waals surface area contributed by atoms with Crippen LogP contribution in [0.2, 0.25) is 0 Å². The zero-order valence-corrected chi connectivity index (χ0v) is 14.0. The lowest BCUT2D eigenvalue weighted by atomic mass is 10.0. The second kappa shape index (κ2) is 7.07. The molecule has 128 valence electrons. The number of carbonyl (C=O) groups excluding carboxylic acids is 1. The van der Waals surface area contributed by atoms with Crippen LogP contribution in [0, 0.1) is 0 Å². The van der Waals surface area contributed by atoms with E-state index in [0.29, 0.717) is 11.3 Å². The summed E-state index contributed by atoms with van der Waals surface area (Å²) < 4.78 is 7.58. The lowest BCUT2D eigenvalue weighted by Gasteiger charge is -2.22. The van der Waals surface area contributed by atoms with Crippen molar-refractivity contribution in [3.05, 3.63) is 60.4 Å². The highest BCUT2D eigenvalue weighted by molar-refractivity contribution is 6.12. The first-order chi connectivity index (χ1) is 12.3. The maximum absolute atomic E-state index is 12.7. The smallest absolute Gasteiger partial charge is 0.256 e. The van der Waals surface area contributed by atoms with Gasteiger partial charge in [-0.1, -0.05) is 36.4 Å². The molecule has 0 bridgehead atoms. The SMILES string of the molecule is O=C(Nc1cnn(CC2CCCCO2)c1)c1cccc2ccccc12. The number of rotatable bonds is 4. The molecule has 0 saturated carbocycles. The Morgan fingerprint density at radius 1 is 1.20 bits per heavy atom. The molecule has 0 aliphatic carbocycles. The fourth-order valence-electron chi connectivity index (χ4n) is 3.31. The Bertz CT molecular complexity index is 876. The lowest BCUT2D eigenvalue weighted by Crippen LogP contribution is -2.24. The molecule has 2 aromatic carbocycles. The largest absolute Gasteiger partial charge is 0.376 e. The first-order valence-electron chi connectivity index (χ1n) is 8.73. The van der Waals surface area contributed by atoms with E-state index in [0.717, 1.165) is 36.8 Å². The van der Waals surface area contributed by atoms with Crippen molar-refractivity contribution in [1.82, 2.24) is 9.78 Å². The predicted octanol–water partition coefficient (Wildman–Crippen LogP) is 3.86. The van der Waals surface area contributed by atoms with Crippen LogP contribution in [-0.2, 0) is 11.3 Å². The van der Waals surface area contributed by atoms with Gasteiger partial charge in [-0.15, -0.1) is 0 Å². The third-order valence-electron chi connectivity index (χ3n) is 4.59. The van der Waals surface area contributed by atoms with Crippen LogP contribution in [-0.4, -0.2) is 28.4 Å². The van der Waals surface area contributed by atoms with Crippen molar-refractivity contribution in [3.63, 3.8) is 0 Å². The van der Waals surface area contributed by atoms with Gasteiger partial charge in [0.1, 0.15) is 0 Å². The van der Waals surface area contributed by atoms with Crippen molar-refractivity contribution in [3.8, 4) is 0 Å². The highest BCUT2D eigenvalue weighted by Crippen LogP contribution is 2.20. The third-order valence-corrected chi connectivity index (χ3v) is 4.59. The summed E-state index contributed by atoms with van der Waals surface area (Å²) in [5.74, 6) is -0.120. The maximum atomic E-state index is 12.7. The van der Waals surface area contributed by atoms with E-state index < -0.39 is 0 Å². The molecule has 1 aliphatic heterocycles. The monoisotopic (exact) mass is 335 g/mol. The summed E-state index contributed by atoms with van der Waals surface area (Å²) in [6, 6.07) is 13.7. The van der Waals surface area contributed by atoms with E-state index in [2.05, 4.69) is 10.4 Å². The Balaban J connectivity index is 1.47. The molecule has 0 radical (unpaired) electrons. The van der Waals surface area contributed by atoms with Gasteiger partial charge in [0.25, 0.3) is 5.91 Å². The Morgan fingerprint density at radius 2 is 2.08 bits per heavy atom. The standard InChI is InChI=1S/C20H21N3O2/c24-20(19-10-5-7-15-6-1-2-9-18(15)19)22-16-12-21-23(13-16)14-17-8-3-4-11-25-17/h1-2,5-7,9-10,12-13,17H,3-4,8,11,14H2,(H,22,24). The quantitative estimate of drug-likeness (QED) is 0.788. The second-order valence-corrected chi connectivity index (χ2v) is 6.42. The van der Waals surface area contributed by atoms with Crippen LogP contribution in [0.4, 0.5) is 5.69 Å². The van der Waals surface area contributed by atoms with Gasteiger partial charge in [0.2, 0.25) is 0 Å². The topological polar surface area (TPSA) is 56.2 Å². The number of nitrogens with zero attached hydrogens (tertiary/aromatic N) is 2. The number of anilines is 1. The lowest BCUT2D eigenvalue weighted by molar-refractivity contribution is 0.00401. The first kappa shape index (κ1) is 15.8. The highest BCUT2D eigenvalue weighted by Gasteiger charge is 2.16. The molecule has 5 nitrogen and oxygen atoms in total. The van der Waals surface area contributed by atoms with Crippen LogP contribution >= 0.6 is 0 Å². The van der Waals surface area contributed by atoms with Crippen molar-refractivity contribution in [1.29, 1.82) is 0 Å². The maximum Gasteiger partial charge on any atom is 0.256 e. The Hall–Kier alpha value is -2.66. The molecule has 1 aromatic heterocycles. The molecule has 3 aromatic rings. The van der Waals surface area contributed by atoms with Crippen LogP contribution in [0.1, 0.15) is 29.6 Å². The van der Waals surface area contributed by atoms with Crippen LogP contribution in [0.5, 0.6) is 0 Å². The Labute approximate surface area is 146 Å². The molecule has 0 spiro atoms. The molecule has 1 unspecified atom stereocenters. The number of hydrogen-bond donors (Lipinski definition) is 1. The minimum Gasteiger partial charge on any atom is -0.376 e. The number of ether oxygens (including phenoxy) is 1.